The van der Waals surface area contributed by atoms with Crippen LogP contribution in [0.4, 0.5) is 10.2 Å². The molecule has 112 valence electrons. The summed E-state index contributed by atoms with van der Waals surface area (Å²) >= 11 is 1.38. The van der Waals surface area contributed by atoms with Gasteiger partial charge in [-0.3, -0.25) is 4.79 Å². The van der Waals surface area contributed by atoms with Crippen molar-refractivity contribution >= 4 is 23.5 Å². The van der Waals surface area contributed by atoms with Crippen molar-refractivity contribution in [1.29, 1.82) is 0 Å². The quantitative estimate of drug-likeness (QED) is 0.888. The predicted octanol–water partition coefficient (Wildman–Crippen LogP) is 3.00. The molecule has 1 aromatic carbocycles. The number of carbonyl (C=O) groups is 1. The molecule has 0 aliphatic rings. The van der Waals surface area contributed by atoms with Crippen LogP contribution in [0.5, 0.6) is 5.75 Å². The molecule has 1 heterocycles. The number of aryl methyl sites for hydroxylation is 1. The van der Waals surface area contributed by atoms with Crippen molar-refractivity contribution in [3.8, 4) is 5.75 Å². The standard InChI is InChI=1S/C14H15FN2O3S/c1-9-5-13(17-20-9)16-14(18)8-21-7-10-3-4-12(19-2)11(15)6-10/h3-6H,7-8H2,1-2H3,(H,16,17,18). The van der Waals surface area contributed by atoms with Gasteiger partial charge in [-0.15, -0.1) is 11.8 Å². The van der Waals surface area contributed by atoms with Crippen LogP contribution in [-0.2, 0) is 10.5 Å². The summed E-state index contributed by atoms with van der Waals surface area (Å²) in [4.78, 5) is 11.7. The molecule has 0 unspecified atom stereocenters. The highest BCUT2D eigenvalue weighted by atomic mass is 32.2. The van der Waals surface area contributed by atoms with Gasteiger partial charge in [0.05, 0.1) is 12.9 Å². The zero-order valence-electron chi connectivity index (χ0n) is 11.7. The molecule has 2 rings (SSSR count). The second kappa shape index (κ2) is 7.12. The summed E-state index contributed by atoms with van der Waals surface area (Å²) in [6, 6.07) is 6.39. The number of carbonyl (C=O) groups excluding carboxylic acids is 1. The number of ether oxygens (including phenoxy) is 1. The molecule has 0 saturated carbocycles. The molecule has 21 heavy (non-hydrogen) atoms. The number of thioether (sulfide) groups is 1. The third-order valence-corrected chi connectivity index (χ3v) is 3.62. The smallest absolute Gasteiger partial charge is 0.235 e. The van der Waals surface area contributed by atoms with E-state index in [9.17, 15) is 9.18 Å². The highest BCUT2D eigenvalue weighted by Gasteiger charge is 2.07. The van der Waals surface area contributed by atoms with Crippen LogP contribution >= 0.6 is 11.8 Å². The Labute approximate surface area is 125 Å². The normalized spacial score (nSPS) is 10.4. The van der Waals surface area contributed by atoms with E-state index >= 15 is 0 Å². The Morgan fingerprint density at radius 2 is 2.29 bits per heavy atom. The zero-order valence-corrected chi connectivity index (χ0v) is 12.5. The Balaban J connectivity index is 1.78. The summed E-state index contributed by atoms with van der Waals surface area (Å²) in [5, 5.41) is 6.29. The fraction of sp³-hybridized carbons (Fsp3) is 0.286. The van der Waals surface area contributed by atoms with Crippen LogP contribution in [0, 0.1) is 12.7 Å². The van der Waals surface area contributed by atoms with Crippen molar-refractivity contribution in [3.05, 3.63) is 41.4 Å². The monoisotopic (exact) mass is 310 g/mol. The maximum Gasteiger partial charge on any atom is 0.235 e. The molecule has 1 N–H and O–H groups in total. The van der Waals surface area contributed by atoms with E-state index in [-0.39, 0.29) is 17.4 Å². The van der Waals surface area contributed by atoms with E-state index in [1.54, 1.807) is 25.1 Å². The van der Waals surface area contributed by atoms with E-state index in [0.717, 1.165) is 5.56 Å². The number of nitrogens with zero attached hydrogens (tertiary/aromatic N) is 1. The molecular formula is C14H15FN2O3S. The third-order valence-electron chi connectivity index (χ3n) is 2.61. The lowest BCUT2D eigenvalue weighted by Gasteiger charge is -2.05. The number of amides is 1. The molecular weight excluding hydrogens is 295 g/mol. The van der Waals surface area contributed by atoms with Crippen LogP contribution in [0.1, 0.15) is 11.3 Å². The number of halogens is 1. The van der Waals surface area contributed by atoms with E-state index in [1.807, 2.05) is 0 Å². The first-order chi connectivity index (χ1) is 10.1. The molecule has 0 aliphatic carbocycles. The Bertz CT molecular complexity index is 630. The average Bonchev–Trinajstić information content (AvgIpc) is 2.84. The second-order valence-electron chi connectivity index (χ2n) is 4.33. The molecule has 5 nitrogen and oxygen atoms in total. The predicted molar refractivity (Wildman–Crippen MR) is 79.0 cm³/mol. The van der Waals surface area contributed by atoms with Crippen LogP contribution in [0.2, 0.25) is 0 Å². The molecule has 0 radical (unpaired) electrons. The number of methoxy groups -OCH3 is 1. The fourth-order valence-corrected chi connectivity index (χ4v) is 2.44. The summed E-state index contributed by atoms with van der Waals surface area (Å²) in [6.07, 6.45) is 0. The molecule has 2 aromatic rings. The van der Waals surface area contributed by atoms with Crippen molar-refractivity contribution in [2.24, 2.45) is 0 Å². The Morgan fingerprint density at radius 1 is 1.48 bits per heavy atom. The van der Waals surface area contributed by atoms with Crippen molar-refractivity contribution in [2.75, 3.05) is 18.2 Å². The number of rotatable bonds is 6. The summed E-state index contributed by atoms with van der Waals surface area (Å²) in [5.41, 5.74) is 0.795. The van der Waals surface area contributed by atoms with Gasteiger partial charge in [0.2, 0.25) is 5.91 Å². The van der Waals surface area contributed by atoms with E-state index in [2.05, 4.69) is 10.5 Å². The lowest BCUT2D eigenvalue weighted by Crippen LogP contribution is -2.14. The van der Waals surface area contributed by atoms with Gasteiger partial charge in [-0.1, -0.05) is 11.2 Å². The van der Waals surface area contributed by atoms with Gasteiger partial charge in [-0.05, 0) is 24.6 Å². The van der Waals surface area contributed by atoms with Gasteiger partial charge in [-0.2, -0.15) is 0 Å². The Morgan fingerprint density at radius 3 is 2.90 bits per heavy atom. The molecule has 1 amide bonds. The number of hydrogen-bond acceptors (Lipinski definition) is 5. The number of hydrogen-bond donors (Lipinski definition) is 1. The molecule has 0 spiro atoms. The van der Waals surface area contributed by atoms with E-state index < -0.39 is 5.82 Å². The van der Waals surface area contributed by atoms with Gasteiger partial charge in [0.25, 0.3) is 0 Å². The van der Waals surface area contributed by atoms with Crippen LogP contribution in [0.3, 0.4) is 0 Å². The maximum atomic E-state index is 13.5. The molecule has 0 fully saturated rings. The van der Waals surface area contributed by atoms with Gasteiger partial charge in [0.1, 0.15) is 5.76 Å². The minimum absolute atomic E-state index is 0.178. The SMILES string of the molecule is COc1ccc(CSCC(=O)Nc2cc(C)on2)cc1F. The van der Waals surface area contributed by atoms with Crippen LogP contribution in [-0.4, -0.2) is 23.9 Å². The molecule has 0 aliphatic heterocycles. The van der Waals surface area contributed by atoms with Gasteiger partial charge in [0.15, 0.2) is 17.4 Å². The van der Waals surface area contributed by atoms with E-state index in [1.165, 1.54) is 24.9 Å². The van der Waals surface area contributed by atoms with E-state index in [4.69, 9.17) is 9.26 Å². The van der Waals surface area contributed by atoms with Crippen molar-refractivity contribution < 1.29 is 18.4 Å². The number of benzene rings is 1. The summed E-state index contributed by atoms with van der Waals surface area (Å²) in [5.74, 6) is 1.44. The lowest BCUT2D eigenvalue weighted by molar-refractivity contribution is -0.113. The number of aromatic nitrogens is 1. The van der Waals surface area contributed by atoms with Crippen LogP contribution in [0.25, 0.3) is 0 Å². The summed E-state index contributed by atoms with van der Waals surface area (Å²) < 4.78 is 23.2. The first-order valence-electron chi connectivity index (χ1n) is 6.22. The fourth-order valence-electron chi connectivity index (χ4n) is 1.67. The summed E-state index contributed by atoms with van der Waals surface area (Å²) in [7, 11) is 1.42. The summed E-state index contributed by atoms with van der Waals surface area (Å²) in [6.45, 7) is 1.75. The van der Waals surface area contributed by atoms with Crippen molar-refractivity contribution in [2.45, 2.75) is 12.7 Å². The van der Waals surface area contributed by atoms with Crippen molar-refractivity contribution in [1.82, 2.24) is 5.16 Å². The molecule has 0 atom stereocenters. The first-order valence-corrected chi connectivity index (χ1v) is 7.37. The minimum Gasteiger partial charge on any atom is -0.494 e. The second-order valence-corrected chi connectivity index (χ2v) is 5.32. The lowest BCUT2D eigenvalue weighted by atomic mass is 10.2. The van der Waals surface area contributed by atoms with Crippen LogP contribution < -0.4 is 10.1 Å². The molecule has 0 saturated heterocycles. The number of nitrogens with one attached hydrogen (secondary N) is 1. The largest absolute Gasteiger partial charge is 0.494 e. The molecule has 1 aromatic heterocycles. The van der Waals surface area contributed by atoms with Crippen molar-refractivity contribution in [3.63, 3.8) is 0 Å². The topological polar surface area (TPSA) is 64.4 Å². The van der Waals surface area contributed by atoms with E-state index in [0.29, 0.717) is 17.3 Å². The first kappa shape index (κ1) is 15.4. The molecule has 0 bridgehead atoms. The minimum atomic E-state index is -0.405. The molecule has 7 heteroatoms. The average molecular weight is 310 g/mol. The van der Waals surface area contributed by atoms with Gasteiger partial charge in [-0.25, -0.2) is 4.39 Å². The van der Waals surface area contributed by atoms with Gasteiger partial charge < -0.3 is 14.6 Å². The maximum absolute atomic E-state index is 13.5. The third kappa shape index (κ3) is 4.49. The number of anilines is 1. The van der Waals surface area contributed by atoms with Gasteiger partial charge >= 0.3 is 0 Å². The Kier molecular flexibility index (Phi) is 5.21. The van der Waals surface area contributed by atoms with Gasteiger partial charge in [0, 0.05) is 11.8 Å². The highest BCUT2D eigenvalue weighted by Crippen LogP contribution is 2.20. The zero-order chi connectivity index (χ0) is 15.2. The Hall–Kier alpha value is -2.02. The van der Waals surface area contributed by atoms with Crippen LogP contribution in [0.15, 0.2) is 28.8 Å². The highest BCUT2D eigenvalue weighted by molar-refractivity contribution is 7.99.